The van der Waals surface area contributed by atoms with Crippen LogP contribution in [0.15, 0.2) is 36.4 Å². The van der Waals surface area contributed by atoms with Crippen LogP contribution in [0.4, 0.5) is 18.9 Å². The van der Waals surface area contributed by atoms with E-state index in [-0.39, 0.29) is 22.4 Å². The number of ether oxygens (including phenoxy) is 2. The number of alkyl halides is 3. The molecule has 2 aromatic rings. The van der Waals surface area contributed by atoms with Crippen LogP contribution in [0, 0.1) is 0 Å². The third kappa shape index (κ3) is 3.42. The number of carbonyl (C=O) groups is 1. The number of aliphatic hydroxyl groups excluding tert-OH is 1. The topological polar surface area (TPSA) is 59.0 Å². The van der Waals surface area contributed by atoms with Gasteiger partial charge in [-0.1, -0.05) is 11.6 Å². The van der Waals surface area contributed by atoms with Crippen LogP contribution in [0.2, 0.25) is 5.02 Å². The maximum Gasteiger partial charge on any atom is 0.416 e. The van der Waals surface area contributed by atoms with E-state index in [2.05, 4.69) is 0 Å². The van der Waals surface area contributed by atoms with Crippen molar-refractivity contribution in [1.82, 2.24) is 0 Å². The highest BCUT2D eigenvalue weighted by Crippen LogP contribution is 2.40. The quantitative estimate of drug-likeness (QED) is 0.857. The molecule has 138 valence electrons. The number of fused-ring (bicyclic) bond motifs is 1. The number of amides is 1. The molecule has 0 spiro atoms. The van der Waals surface area contributed by atoms with E-state index in [1.165, 1.54) is 25.1 Å². The van der Waals surface area contributed by atoms with Gasteiger partial charge < -0.3 is 14.6 Å². The fraction of sp³-hybridized carbons (Fsp3) is 0.235. The maximum atomic E-state index is 12.7. The number of benzene rings is 2. The molecule has 0 aromatic heterocycles. The minimum Gasteiger partial charge on any atom is -0.479 e. The summed E-state index contributed by atoms with van der Waals surface area (Å²) in [7, 11) is 0. The molecular formula is C17H13ClF3NO4. The van der Waals surface area contributed by atoms with Crippen molar-refractivity contribution in [2.75, 3.05) is 11.6 Å². The Bertz CT molecular complexity index is 856. The standard InChI is InChI=1S/C17H13ClF3NO4/c1-9-16(24)22(8-23)13-4-3-11(7-15(13)25-9)26-14-5-2-10(6-12(14)18)17(19,20)21/h2-7,9,23H,8H2,1H3. The molecule has 0 radical (unpaired) electrons. The van der Waals surface area contributed by atoms with Gasteiger partial charge in [-0.25, -0.2) is 0 Å². The van der Waals surface area contributed by atoms with Crippen LogP contribution < -0.4 is 14.4 Å². The largest absolute Gasteiger partial charge is 0.479 e. The second kappa shape index (κ2) is 6.69. The van der Waals surface area contributed by atoms with Gasteiger partial charge in [-0.05, 0) is 37.3 Å². The molecule has 0 bridgehead atoms. The predicted molar refractivity (Wildman–Crippen MR) is 87.6 cm³/mol. The second-order valence-corrected chi connectivity index (χ2v) is 5.95. The number of aliphatic hydroxyl groups is 1. The van der Waals surface area contributed by atoms with Gasteiger partial charge in [-0.15, -0.1) is 0 Å². The number of hydrogen-bond acceptors (Lipinski definition) is 4. The van der Waals surface area contributed by atoms with E-state index in [1.54, 1.807) is 0 Å². The highest BCUT2D eigenvalue weighted by atomic mass is 35.5. The van der Waals surface area contributed by atoms with Gasteiger partial charge in [0.05, 0.1) is 16.3 Å². The molecule has 5 nitrogen and oxygen atoms in total. The van der Waals surface area contributed by atoms with Crippen molar-refractivity contribution in [1.29, 1.82) is 0 Å². The lowest BCUT2D eigenvalue weighted by Gasteiger charge is -2.31. The average Bonchev–Trinajstić information content (AvgIpc) is 2.57. The summed E-state index contributed by atoms with van der Waals surface area (Å²) in [5.74, 6) is 0.203. The molecule has 1 amide bonds. The smallest absolute Gasteiger partial charge is 0.416 e. The van der Waals surface area contributed by atoms with E-state index >= 15 is 0 Å². The molecule has 1 aliphatic rings. The normalized spacial score (nSPS) is 16.9. The fourth-order valence-corrected chi connectivity index (χ4v) is 2.71. The lowest BCUT2D eigenvalue weighted by Crippen LogP contribution is -2.44. The molecule has 9 heteroatoms. The van der Waals surface area contributed by atoms with Crippen molar-refractivity contribution >= 4 is 23.2 Å². The number of carbonyl (C=O) groups excluding carboxylic acids is 1. The zero-order valence-corrected chi connectivity index (χ0v) is 14.1. The maximum absolute atomic E-state index is 12.7. The molecule has 2 aromatic carbocycles. The first-order valence-corrected chi connectivity index (χ1v) is 7.86. The van der Waals surface area contributed by atoms with E-state index in [1.807, 2.05) is 0 Å². The fourth-order valence-electron chi connectivity index (χ4n) is 2.49. The molecule has 0 fully saturated rings. The minimum atomic E-state index is -4.50. The van der Waals surface area contributed by atoms with Crippen LogP contribution in [0.25, 0.3) is 0 Å². The van der Waals surface area contributed by atoms with E-state index in [9.17, 15) is 23.1 Å². The summed E-state index contributed by atoms with van der Waals surface area (Å²) < 4.78 is 49.1. The molecule has 1 heterocycles. The highest BCUT2D eigenvalue weighted by molar-refractivity contribution is 6.32. The van der Waals surface area contributed by atoms with Crippen LogP contribution in [0.3, 0.4) is 0 Å². The molecule has 0 saturated heterocycles. The van der Waals surface area contributed by atoms with Crippen LogP contribution in [0.1, 0.15) is 12.5 Å². The third-order valence-electron chi connectivity index (χ3n) is 3.77. The van der Waals surface area contributed by atoms with Gasteiger partial charge in [0, 0.05) is 6.07 Å². The summed E-state index contributed by atoms with van der Waals surface area (Å²) in [6, 6.07) is 7.22. The molecule has 0 saturated carbocycles. The molecule has 0 aliphatic carbocycles. The van der Waals surface area contributed by atoms with Gasteiger partial charge in [0.1, 0.15) is 24.0 Å². The highest BCUT2D eigenvalue weighted by Gasteiger charge is 2.32. The van der Waals surface area contributed by atoms with Crippen molar-refractivity contribution in [3.8, 4) is 17.2 Å². The summed E-state index contributed by atoms with van der Waals surface area (Å²) in [5.41, 5.74) is -0.518. The van der Waals surface area contributed by atoms with Crippen molar-refractivity contribution in [2.24, 2.45) is 0 Å². The van der Waals surface area contributed by atoms with Gasteiger partial charge in [0.25, 0.3) is 5.91 Å². The minimum absolute atomic E-state index is 0.0403. The molecule has 1 atom stereocenters. The van der Waals surface area contributed by atoms with Crippen LogP contribution in [0.5, 0.6) is 17.2 Å². The third-order valence-corrected chi connectivity index (χ3v) is 4.06. The van der Waals surface area contributed by atoms with Crippen LogP contribution in [-0.4, -0.2) is 23.8 Å². The van der Waals surface area contributed by atoms with E-state index in [0.717, 1.165) is 23.1 Å². The summed E-state index contributed by atoms with van der Waals surface area (Å²) in [5, 5.41) is 9.17. The average molecular weight is 388 g/mol. The summed E-state index contributed by atoms with van der Waals surface area (Å²) in [4.78, 5) is 13.1. The Kier molecular flexibility index (Phi) is 4.72. The van der Waals surface area contributed by atoms with Gasteiger partial charge in [0.15, 0.2) is 6.10 Å². The number of rotatable bonds is 3. The van der Waals surface area contributed by atoms with Crippen molar-refractivity contribution in [2.45, 2.75) is 19.2 Å². The molecule has 1 unspecified atom stereocenters. The lowest BCUT2D eigenvalue weighted by atomic mass is 10.2. The Morgan fingerprint density at radius 1 is 1.27 bits per heavy atom. The molecule has 1 aliphatic heterocycles. The molecule has 3 rings (SSSR count). The monoisotopic (exact) mass is 387 g/mol. The number of halogens is 4. The second-order valence-electron chi connectivity index (χ2n) is 5.54. The van der Waals surface area contributed by atoms with Gasteiger partial charge in [-0.3, -0.25) is 9.69 Å². The van der Waals surface area contributed by atoms with Crippen LogP contribution >= 0.6 is 11.6 Å². The Hall–Kier alpha value is -2.45. The first kappa shape index (κ1) is 18.3. The summed E-state index contributed by atoms with van der Waals surface area (Å²) in [6.07, 6.45) is -5.29. The number of hydrogen-bond donors (Lipinski definition) is 1. The Balaban J connectivity index is 1.88. The molecule has 26 heavy (non-hydrogen) atoms. The Morgan fingerprint density at radius 3 is 2.62 bits per heavy atom. The first-order valence-electron chi connectivity index (χ1n) is 7.48. The Morgan fingerprint density at radius 2 is 2.00 bits per heavy atom. The molecular weight excluding hydrogens is 375 g/mol. The summed E-state index contributed by atoms with van der Waals surface area (Å²) >= 11 is 5.87. The van der Waals surface area contributed by atoms with Crippen molar-refractivity contribution in [3.05, 3.63) is 47.0 Å². The lowest BCUT2D eigenvalue weighted by molar-refractivity contribution is -0.137. The molecule has 1 N–H and O–H groups in total. The van der Waals surface area contributed by atoms with Gasteiger partial charge in [-0.2, -0.15) is 13.2 Å². The number of anilines is 1. The number of nitrogens with zero attached hydrogens (tertiary/aromatic N) is 1. The Labute approximate surface area is 151 Å². The SMILES string of the molecule is CC1Oc2cc(Oc3ccc(C(F)(F)F)cc3Cl)ccc2N(CO)C1=O. The van der Waals surface area contributed by atoms with E-state index < -0.39 is 24.6 Å². The van der Waals surface area contributed by atoms with Crippen molar-refractivity contribution in [3.63, 3.8) is 0 Å². The van der Waals surface area contributed by atoms with E-state index in [4.69, 9.17) is 21.1 Å². The van der Waals surface area contributed by atoms with Crippen molar-refractivity contribution < 1.29 is 32.5 Å². The zero-order valence-electron chi connectivity index (χ0n) is 13.4. The van der Waals surface area contributed by atoms with Gasteiger partial charge >= 0.3 is 6.18 Å². The first-order chi connectivity index (χ1) is 12.2. The van der Waals surface area contributed by atoms with Crippen LogP contribution in [-0.2, 0) is 11.0 Å². The predicted octanol–water partition coefficient (Wildman–Crippen LogP) is 4.21. The van der Waals surface area contributed by atoms with E-state index in [0.29, 0.717) is 11.4 Å². The summed E-state index contributed by atoms with van der Waals surface area (Å²) in [6.45, 7) is 1.03. The van der Waals surface area contributed by atoms with Gasteiger partial charge in [0.2, 0.25) is 0 Å². The zero-order chi connectivity index (χ0) is 19.1.